The zero-order valence-corrected chi connectivity index (χ0v) is 8.83. The first-order valence-electron chi connectivity index (χ1n) is 2.98. The van der Waals surface area contributed by atoms with Crippen LogP contribution in [-0.4, -0.2) is 33.6 Å². The Morgan fingerprint density at radius 3 is 2.75 bits per heavy atom. The van der Waals surface area contributed by atoms with Crippen LogP contribution in [-0.2, 0) is 0 Å². The first-order chi connectivity index (χ1) is 5.59. The average molecular weight is 224 g/mol. The molecule has 0 fully saturated rings. The number of carbonyl (C=O) groups is 1. The van der Waals surface area contributed by atoms with Crippen LogP contribution < -0.4 is 0 Å². The Labute approximate surface area is 83.1 Å². The molecule has 0 bridgehead atoms. The summed E-state index contributed by atoms with van der Waals surface area (Å²) in [6, 6.07) is 0. The van der Waals surface area contributed by atoms with Gasteiger partial charge in [0, 0.05) is 25.9 Å². The van der Waals surface area contributed by atoms with E-state index in [9.17, 15) is 4.79 Å². The SMILES string of the molecule is CN(C)C(=O)Sc1nsc(Cl)n1. The number of rotatable bonds is 1. The van der Waals surface area contributed by atoms with Crippen LogP contribution in [0.4, 0.5) is 4.79 Å². The van der Waals surface area contributed by atoms with Crippen molar-refractivity contribution in [1.82, 2.24) is 14.3 Å². The van der Waals surface area contributed by atoms with Gasteiger partial charge in [-0.15, -0.1) is 0 Å². The van der Waals surface area contributed by atoms with Crippen molar-refractivity contribution >= 4 is 40.1 Å². The molecule has 7 heteroatoms. The molecule has 1 rings (SSSR count). The molecule has 0 radical (unpaired) electrons. The largest absolute Gasteiger partial charge is 0.339 e. The van der Waals surface area contributed by atoms with Gasteiger partial charge < -0.3 is 4.90 Å². The molecule has 0 aliphatic rings. The van der Waals surface area contributed by atoms with E-state index in [0.29, 0.717) is 9.62 Å². The summed E-state index contributed by atoms with van der Waals surface area (Å²) < 4.78 is 4.20. The van der Waals surface area contributed by atoms with Crippen LogP contribution in [0.5, 0.6) is 0 Å². The molecule has 0 aromatic carbocycles. The maximum atomic E-state index is 11.1. The van der Waals surface area contributed by atoms with Crippen LogP contribution in [0.1, 0.15) is 0 Å². The second-order valence-corrected chi connectivity index (χ2v) is 4.34. The number of amides is 1. The van der Waals surface area contributed by atoms with Crippen molar-refractivity contribution in [3.05, 3.63) is 4.47 Å². The van der Waals surface area contributed by atoms with Gasteiger partial charge in [-0.25, -0.2) is 0 Å². The zero-order chi connectivity index (χ0) is 9.14. The van der Waals surface area contributed by atoms with Crippen LogP contribution in [0, 0.1) is 0 Å². The van der Waals surface area contributed by atoms with Crippen LogP contribution in [0.2, 0.25) is 4.47 Å². The molecule has 0 atom stereocenters. The van der Waals surface area contributed by atoms with E-state index in [1.165, 1.54) is 4.90 Å². The Bertz CT molecular complexity index is 288. The molecular formula is C5H6ClN3OS2. The van der Waals surface area contributed by atoms with Gasteiger partial charge in [-0.3, -0.25) is 4.79 Å². The second kappa shape index (κ2) is 4.06. The average Bonchev–Trinajstić information content (AvgIpc) is 2.35. The summed E-state index contributed by atoms with van der Waals surface area (Å²) in [6.45, 7) is 0. The zero-order valence-electron chi connectivity index (χ0n) is 6.44. The van der Waals surface area contributed by atoms with E-state index in [2.05, 4.69) is 9.36 Å². The highest BCUT2D eigenvalue weighted by molar-refractivity contribution is 8.13. The summed E-state index contributed by atoms with van der Waals surface area (Å²) in [6.07, 6.45) is 0. The van der Waals surface area contributed by atoms with Gasteiger partial charge >= 0.3 is 0 Å². The van der Waals surface area contributed by atoms with Crippen LogP contribution >= 0.6 is 34.9 Å². The molecule has 4 nitrogen and oxygen atoms in total. The maximum Gasteiger partial charge on any atom is 0.288 e. The second-order valence-electron chi connectivity index (χ2n) is 2.09. The molecule has 0 saturated heterocycles. The fourth-order valence-electron chi connectivity index (χ4n) is 0.404. The van der Waals surface area contributed by atoms with Crippen molar-refractivity contribution < 1.29 is 4.79 Å². The Morgan fingerprint density at radius 2 is 2.33 bits per heavy atom. The van der Waals surface area contributed by atoms with Gasteiger partial charge in [-0.2, -0.15) is 9.36 Å². The highest BCUT2D eigenvalue weighted by Crippen LogP contribution is 2.21. The normalized spacial score (nSPS) is 9.92. The van der Waals surface area contributed by atoms with Gasteiger partial charge in [0.05, 0.1) is 0 Å². The molecule has 0 aliphatic heterocycles. The predicted molar refractivity (Wildman–Crippen MR) is 49.9 cm³/mol. The fourth-order valence-corrected chi connectivity index (χ4v) is 1.75. The number of hydrogen-bond acceptors (Lipinski definition) is 5. The summed E-state index contributed by atoms with van der Waals surface area (Å²) in [5, 5.41) is 0.299. The number of hydrogen-bond donors (Lipinski definition) is 0. The highest BCUT2D eigenvalue weighted by atomic mass is 35.5. The summed E-state index contributed by atoms with van der Waals surface area (Å²) in [4.78, 5) is 16.4. The molecule has 1 aromatic heterocycles. The van der Waals surface area contributed by atoms with E-state index in [-0.39, 0.29) is 5.24 Å². The standard InChI is InChI=1S/C5H6ClN3OS2/c1-9(2)5(10)11-4-7-3(6)12-8-4/h1-2H3. The highest BCUT2D eigenvalue weighted by Gasteiger charge is 2.10. The molecule has 1 heterocycles. The Balaban J connectivity index is 2.58. The van der Waals surface area contributed by atoms with E-state index in [1.54, 1.807) is 14.1 Å². The first kappa shape index (κ1) is 9.76. The molecule has 0 spiro atoms. The number of thioether (sulfide) groups is 1. The lowest BCUT2D eigenvalue weighted by atomic mass is 11.0. The van der Waals surface area contributed by atoms with Crippen LogP contribution in [0.3, 0.4) is 0 Å². The predicted octanol–water partition coefficient (Wildman–Crippen LogP) is 1.97. The topological polar surface area (TPSA) is 46.1 Å². The van der Waals surface area contributed by atoms with E-state index in [4.69, 9.17) is 11.6 Å². The van der Waals surface area contributed by atoms with Crippen molar-refractivity contribution in [2.24, 2.45) is 0 Å². The fraction of sp³-hybridized carbons (Fsp3) is 0.400. The maximum absolute atomic E-state index is 11.1. The quantitative estimate of drug-likeness (QED) is 0.683. The molecule has 0 saturated carbocycles. The molecule has 66 valence electrons. The Hall–Kier alpha value is -0.330. The smallest absolute Gasteiger partial charge is 0.288 e. The van der Waals surface area contributed by atoms with Crippen molar-refractivity contribution in [2.75, 3.05) is 14.1 Å². The number of carbonyl (C=O) groups excluding carboxylic acids is 1. The van der Waals surface area contributed by atoms with E-state index in [0.717, 1.165) is 23.3 Å². The third kappa shape index (κ3) is 2.62. The third-order valence-electron chi connectivity index (χ3n) is 0.926. The first-order valence-corrected chi connectivity index (χ1v) is 4.94. The minimum absolute atomic E-state index is 0.107. The Kier molecular flexibility index (Phi) is 3.30. The Morgan fingerprint density at radius 1 is 1.67 bits per heavy atom. The molecule has 1 amide bonds. The van der Waals surface area contributed by atoms with Crippen molar-refractivity contribution in [3.63, 3.8) is 0 Å². The summed E-state index contributed by atoms with van der Waals surface area (Å²) in [5.74, 6) is 0. The number of halogens is 1. The lowest BCUT2D eigenvalue weighted by molar-refractivity contribution is 0.241. The van der Waals surface area contributed by atoms with Crippen LogP contribution in [0.25, 0.3) is 0 Å². The molecule has 0 N–H and O–H groups in total. The summed E-state index contributed by atoms with van der Waals surface area (Å²) in [7, 11) is 3.34. The molecular weight excluding hydrogens is 218 g/mol. The van der Waals surface area contributed by atoms with Crippen LogP contribution in [0.15, 0.2) is 5.16 Å². The van der Waals surface area contributed by atoms with Gasteiger partial charge in [0.1, 0.15) is 0 Å². The molecule has 12 heavy (non-hydrogen) atoms. The van der Waals surface area contributed by atoms with E-state index < -0.39 is 0 Å². The molecule has 0 aliphatic carbocycles. The minimum Gasteiger partial charge on any atom is -0.339 e. The summed E-state index contributed by atoms with van der Waals surface area (Å²) >= 11 is 7.56. The van der Waals surface area contributed by atoms with Gasteiger partial charge in [0.25, 0.3) is 5.24 Å². The van der Waals surface area contributed by atoms with E-state index >= 15 is 0 Å². The van der Waals surface area contributed by atoms with Crippen molar-refractivity contribution in [2.45, 2.75) is 5.16 Å². The van der Waals surface area contributed by atoms with Gasteiger partial charge in [-0.1, -0.05) is 0 Å². The lowest BCUT2D eigenvalue weighted by Crippen LogP contribution is -2.16. The van der Waals surface area contributed by atoms with Crippen molar-refractivity contribution in [3.8, 4) is 0 Å². The third-order valence-corrected chi connectivity index (χ3v) is 2.74. The molecule has 0 unspecified atom stereocenters. The van der Waals surface area contributed by atoms with E-state index in [1.807, 2.05) is 0 Å². The minimum atomic E-state index is -0.107. The van der Waals surface area contributed by atoms with Gasteiger partial charge in [0.2, 0.25) is 9.62 Å². The number of aromatic nitrogens is 2. The van der Waals surface area contributed by atoms with Gasteiger partial charge in [-0.05, 0) is 23.1 Å². The van der Waals surface area contributed by atoms with Gasteiger partial charge in [0.15, 0.2) is 0 Å². The molecule has 1 aromatic rings. The van der Waals surface area contributed by atoms with Crippen molar-refractivity contribution in [1.29, 1.82) is 0 Å². The monoisotopic (exact) mass is 223 g/mol. The number of nitrogens with zero attached hydrogens (tertiary/aromatic N) is 3. The summed E-state index contributed by atoms with van der Waals surface area (Å²) in [5.41, 5.74) is 0. The lowest BCUT2D eigenvalue weighted by Gasteiger charge is -2.05.